The number of isocyanates is 1. The predicted octanol–water partition coefficient (Wildman–Crippen LogP) is 1.55. The van der Waals surface area contributed by atoms with E-state index in [1.807, 2.05) is 6.92 Å². The molecule has 1 aliphatic heterocycles. The molecule has 0 saturated carbocycles. The van der Waals surface area contributed by atoms with Crippen LogP contribution in [0.25, 0.3) is 0 Å². The number of rotatable bonds is 2. The normalized spacial score (nSPS) is 30.2. The Kier molecular flexibility index (Phi) is 3.52. The van der Waals surface area contributed by atoms with E-state index in [1.54, 1.807) is 6.08 Å². The van der Waals surface area contributed by atoms with Crippen molar-refractivity contribution >= 4 is 6.08 Å². The Morgan fingerprint density at radius 3 is 2.82 bits per heavy atom. The second kappa shape index (κ2) is 4.92. The Morgan fingerprint density at radius 1 is 1.53 bits per heavy atom. The van der Waals surface area contributed by atoms with Crippen LogP contribution >= 0.6 is 0 Å². The minimum atomic E-state index is -0.633. The summed E-state index contributed by atoms with van der Waals surface area (Å²) in [7, 11) is 0. The molecule has 1 unspecified atom stereocenters. The lowest BCUT2D eigenvalue weighted by atomic mass is 9.88. The summed E-state index contributed by atoms with van der Waals surface area (Å²) in [6.07, 6.45) is 5.01. The molecule has 17 heavy (non-hydrogen) atoms. The highest BCUT2D eigenvalue weighted by molar-refractivity contribution is 5.42. The molecule has 92 valence electrons. The SMILES string of the molecule is CC1(N2CCOCC2)CC=C(N=C=O)C=C1F. The second-order valence-corrected chi connectivity index (χ2v) is 4.40. The molecule has 0 aromatic rings. The van der Waals surface area contributed by atoms with Gasteiger partial charge in [0.2, 0.25) is 6.08 Å². The zero-order valence-electron chi connectivity index (χ0n) is 9.78. The highest BCUT2D eigenvalue weighted by Crippen LogP contribution is 2.35. The molecule has 1 atom stereocenters. The predicted molar refractivity (Wildman–Crippen MR) is 60.8 cm³/mol. The van der Waals surface area contributed by atoms with Gasteiger partial charge < -0.3 is 4.74 Å². The molecule has 2 aliphatic rings. The summed E-state index contributed by atoms with van der Waals surface area (Å²) in [4.78, 5) is 15.6. The van der Waals surface area contributed by atoms with E-state index in [4.69, 9.17) is 4.74 Å². The first-order valence-electron chi connectivity index (χ1n) is 5.65. The Balaban J connectivity index is 2.18. The van der Waals surface area contributed by atoms with Crippen LogP contribution in [0.2, 0.25) is 0 Å². The highest BCUT2D eigenvalue weighted by atomic mass is 19.1. The van der Waals surface area contributed by atoms with Crippen molar-refractivity contribution in [2.75, 3.05) is 26.3 Å². The van der Waals surface area contributed by atoms with E-state index in [2.05, 4.69) is 9.89 Å². The van der Waals surface area contributed by atoms with Crippen molar-refractivity contribution in [3.63, 3.8) is 0 Å². The van der Waals surface area contributed by atoms with Gasteiger partial charge in [-0.1, -0.05) is 6.08 Å². The van der Waals surface area contributed by atoms with Crippen molar-refractivity contribution in [1.29, 1.82) is 0 Å². The monoisotopic (exact) mass is 238 g/mol. The summed E-state index contributed by atoms with van der Waals surface area (Å²) in [6, 6.07) is 0. The number of carbonyl (C=O) groups excluding carboxylic acids is 1. The van der Waals surface area contributed by atoms with Gasteiger partial charge >= 0.3 is 0 Å². The van der Waals surface area contributed by atoms with Crippen molar-refractivity contribution in [3.05, 3.63) is 23.7 Å². The Morgan fingerprint density at radius 2 is 2.24 bits per heavy atom. The molecule has 1 heterocycles. The van der Waals surface area contributed by atoms with Crippen LogP contribution in [0.15, 0.2) is 28.7 Å². The van der Waals surface area contributed by atoms with E-state index >= 15 is 0 Å². The summed E-state index contributed by atoms with van der Waals surface area (Å²) >= 11 is 0. The van der Waals surface area contributed by atoms with Crippen molar-refractivity contribution in [1.82, 2.24) is 4.90 Å². The van der Waals surface area contributed by atoms with Crippen LogP contribution in [-0.4, -0.2) is 42.8 Å². The molecule has 0 aromatic carbocycles. The van der Waals surface area contributed by atoms with Crippen LogP contribution in [0.3, 0.4) is 0 Å². The maximum atomic E-state index is 14.1. The molecule has 5 heteroatoms. The van der Waals surface area contributed by atoms with Crippen LogP contribution < -0.4 is 0 Å². The number of halogens is 1. The Hall–Kier alpha value is -1.29. The molecule has 1 saturated heterocycles. The first-order chi connectivity index (χ1) is 8.16. The molecule has 0 N–H and O–H groups in total. The topological polar surface area (TPSA) is 41.9 Å². The fourth-order valence-electron chi connectivity index (χ4n) is 2.21. The summed E-state index contributed by atoms with van der Waals surface area (Å²) in [5, 5.41) is 0. The standard InChI is InChI=1S/C12H15FN2O2/c1-12(15-4-6-17-7-5-15)3-2-10(14-9-16)8-11(12)13/h2,8H,3-7H2,1H3. The smallest absolute Gasteiger partial charge is 0.240 e. The maximum Gasteiger partial charge on any atom is 0.240 e. The Labute approximate surface area is 99.5 Å². The van der Waals surface area contributed by atoms with Gasteiger partial charge in [0.15, 0.2) is 0 Å². The van der Waals surface area contributed by atoms with E-state index in [0.29, 0.717) is 25.3 Å². The van der Waals surface area contributed by atoms with Crippen LogP contribution in [0.5, 0.6) is 0 Å². The van der Waals surface area contributed by atoms with Gasteiger partial charge in [0, 0.05) is 13.1 Å². The number of nitrogens with zero attached hydrogens (tertiary/aromatic N) is 2. The number of hydrogen-bond acceptors (Lipinski definition) is 4. The first-order valence-corrected chi connectivity index (χ1v) is 5.65. The summed E-state index contributed by atoms with van der Waals surface area (Å²) in [6.45, 7) is 4.57. The lowest BCUT2D eigenvalue weighted by Crippen LogP contribution is -2.52. The zero-order chi connectivity index (χ0) is 12.3. The minimum absolute atomic E-state index is 0.254. The van der Waals surface area contributed by atoms with Gasteiger partial charge in [-0.05, 0) is 19.4 Å². The average molecular weight is 238 g/mol. The van der Waals surface area contributed by atoms with E-state index in [-0.39, 0.29) is 5.83 Å². The van der Waals surface area contributed by atoms with Crippen LogP contribution in [0.1, 0.15) is 13.3 Å². The Bertz CT molecular complexity index is 407. The third-order valence-corrected chi connectivity index (χ3v) is 3.38. The largest absolute Gasteiger partial charge is 0.379 e. The molecular weight excluding hydrogens is 223 g/mol. The van der Waals surface area contributed by atoms with Crippen molar-refractivity contribution in [2.24, 2.45) is 4.99 Å². The molecule has 4 nitrogen and oxygen atoms in total. The highest BCUT2D eigenvalue weighted by Gasteiger charge is 2.38. The fourth-order valence-corrected chi connectivity index (χ4v) is 2.21. The van der Waals surface area contributed by atoms with E-state index in [1.165, 1.54) is 12.2 Å². The third kappa shape index (κ3) is 2.36. The van der Waals surface area contributed by atoms with Gasteiger partial charge in [0.1, 0.15) is 5.83 Å². The molecule has 2 rings (SSSR count). The van der Waals surface area contributed by atoms with Crippen molar-refractivity contribution in [2.45, 2.75) is 18.9 Å². The van der Waals surface area contributed by atoms with Crippen LogP contribution in [0.4, 0.5) is 4.39 Å². The van der Waals surface area contributed by atoms with Gasteiger partial charge in [-0.15, -0.1) is 0 Å². The number of morpholine rings is 1. The van der Waals surface area contributed by atoms with Gasteiger partial charge in [-0.2, -0.15) is 4.99 Å². The van der Waals surface area contributed by atoms with Crippen LogP contribution in [0, 0.1) is 0 Å². The van der Waals surface area contributed by atoms with Crippen molar-refractivity contribution < 1.29 is 13.9 Å². The van der Waals surface area contributed by atoms with E-state index in [0.717, 1.165) is 13.1 Å². The fraction of sp³-hybridized carbons (Fsp3) is 0.583. The lowest BCUT2D eigenvalue weighted by molar-refractivity contribution is -0.0102. The molecule has 0 radical (unpaired) electrons. The van der Waals surface area contributed by atoms with E-state index < -0.39 is 5.54 Å². The van der Waals surface area contributed by atoms with Gasteiger partial charge in [-0.3, -0.25) is 4.90 Å². The molecule has 0 amide bonds. The minimum Gasteiger partial charge on any atom is -0.379 e. The number of hydrogen-bond donors (Lipinski definition) is 0. The molecular formula is C12H15FN2O2. The number of aliphatic imine (C=N–C) groups is 1. The molecule has 0 bridgehead atoms. The number of ether oxygens (including phenoxy) is 1. The maximum absolute atomic E-state index is 14.1. The van der Waals surface area contributed by atoms with E-state index in [9.17, 15) is 9.18 Å². The molecule has 0 aromatic heterocycles. The van der Waals surface area contributed by atoms with Gasteiger partial charge in [0.25, 0.3) is 0 Å². The molecule has 1 fully saturated rings. The van der Waals surface area contributed by atoms with Crippen molar-refractivity contribution in [3.8, 4) is 0 Å². The summed E-state index contributed by atoms with van der Waals surface area (Å²) < 4.78 is 19.4. The summed E-state index contributed by atoms with van der Waals surface area (Å²) in [5.74, 6) is -0.254. The average Bonchev–Trinajstić information content (AvgIpc) is 2.35. The third-order valence-electron chi connectivity index (χ3n) is 3.38. The van der Waals surface area contributed by atoms with Gasteiger partial charge in [-0.25, -0.2) is 9.18 Å². The van der Waals surface area contributed by atoms with Gasteiger partial charge in [0.05, 0.1) is 24.4 Å². The molecule has 0 spiro atoms. The first kappa shape index (κ1) is 12.2. The lowest BCUT2D eigenvalue weighted by Gasteiger charge is -2.42. The molecule has 1 aliphatic carbocycles. The number of allylic oxidation sites excluding steroid dienone is 1. The second-order valence-electron chi connectivity index (χ2n) is 4.40. The van der Waals surface area contributed by atoms with Crippen LogP contribution in [-0.2, 0) is 9.53 Å². The zero-order valence-corrected chi connectivity index (χ0v) is 9.78. The summed E-state index contributed by atoms with van der Waals surface area (Å²) in [5.41, 5.74) is -0.283. The quantitative estimate of drug-likeness (QED) is 0.541.